The van der Waals surface area contributed by atoms with Crippen molar-refractivity contribution in [3.8, 4) is 0 Å². The van der Waals surface area contributed by atoms with Crippen molar-refractivity contribution in [1.29, 1.82) is 0 Å². The Kier molecular flexibility index (Phi) is 4.73. The molecule has 0 saturated carbocycles. The number of nitrogens with one attached hydrogen (secondary N) is 2. The van der Waals surface area contributed by atoms with Gasteiger partial charge in [0.05, 0.1) is 11.1 Å². The molecule has 7 heteroatoms. The summed E-state index contributed by atoms with van der Waals surface area (Å²) >= 11 is 0. The molecule has 2 rings (SSSR count). The number of carbonyl (C=O) groups is 1. The Bertz CT molecular complexity index is 492. The summed E-state index contributed by atoms with van der Waals surface area (Å²) in [6.45, 7) is 5.07. The van der Waals surface area contributed by atoms with Crippen molar-refractivity contribution in [1.82, 2.24) is 15.2 Å². The van der Waals surface area contributed by atoms with Gasteiger partial charge in [0.25, 0.3) is 11.6 Å². The van der Waals surface area contributed by atoms with E-state index in [-0.39, 0.29) is 11.6 Å². The summed E-state index contributed by atoms with van der Waals surface area (Å²) in [7, 11) is 0. The number of hydrogen-bond acceptors (Lipinski definition) is 4. The van der Waals surface area contributed by atoms with Crippen LogP contribution in [0.3, 0.4) is 0 Å². The number of hydrogen-bond donors (Lipinski definition) is 2. The molecule has 20 heavy (non-hydrogen) atoms. The maximum absolute atomic E-state index is 12.2. The second-order valence-corrected chi connectivity index (χ2v) is 5.10. The molecule has 1 saturated heterocycles. The van der Waals surface area contributed by atoms with Crippen molar-refractivity contribution >= 4 is 11.6 Å². The van der Waals surface area contributed by atoms with Gasteiger partial charge >= 0.3 is 0 Å². The van der Waals surface area contributed by atoms with Crippen LogP contribution in [-0.4, -0.2) is 35.0 Å². The van der Waals surface area contributed by atoms with Gasteiger partial charge in [0, 0.05) is 19.2 Å². The zero-order chi connectivity index (χ0) is 14.5. The first-order valence-corrected chi connectivity index (χ1v) is 6.95. The van der Waals surface area contributed by atoms with Gasteiger partial charge in [-0.1, -0.05) is 6.92 Å². The number of carbonyl (C=O) groups excluding carboxylic acids is 1. The average Bonchev–Trinajstić information content (AvgIpc) is 3.05. The van der Waals surface area contributed by atoms with Crippen LogP contribution in [0.1, 0.15) is 30.3 Å². The molecule has 1 unspecified atom stereocenters. The van der Waals surface area contributed by atoms with Crippen LogP contribution in [0.25, 0.3) is 0 Å². The topological polar surface area (TPSA) is 89.2 Å². The Morgan fingerprint density at radius 1 is 1.65 bits per heavy atom. The van der Waals surface area contributed by atoms with Gasteiger partial charge in [0.15, 0.2) is 0 Å². The fraction of sp³-hybridized carbons (Fsp3) is 0.615. The maximum atomic E-state index is 12.2. The van der Waals surface area contributed by atoms with Crippen LogP contribution in [0.2, 0.25) is 0 Å². The van der Waals surface area contributed by atoms with Gasteiger partial charge in [-0.2, -0.15) is 0 Å². The summed E-state index contributed by atoms with van der Waals surface area (Å²) in [5, 5.41) is 16.9. The van der Waals surface area contributed by atoms with E-state index in [0.29, 0.717) is 24.7 Å². The Morgan fingerprint density at radius 3 is 3.05 bits per heavy atom. The zero-order valence-corrected chi connectivity index (χ0v) is 11.6. The second kappa shape index (κ2) is 6.51. The molecule has 1 aliphatic rings. The van der Waals surface area contributed by atoms with Crippen molar-refractivity contribution in [2.45, 2.75) is 26.3 Å². The molecule has 1 fully saturated rings. The van der Waals surface area contributed by atoms with E-state index in [4.69, 9.17) is 0 Å². The molecule has 2 heterocycles. The average molecular weight is 280 g/mol. The summed E-state index contributed by atoms with van der Waals surface area (Å²) < 4.78 is 1.65. The number of aryl methyl sites for hydroxylation is 1. The number of rotatable bonds is 6. The highest BCUT2D eigenvalue weighted by Crippen LogP contribution is 2.17. The zero-order valence-electron chi connectivity index (χ0n) is 11.6. The highest BCUT2D eigenvalue weighted by atomic mass is 16.6. The van der Waals surface area contributed by atoms with E-state index >= 15 is 0 Å². The molecular formula is C13H20N4O3. The molecule has 110 valence electrons. The molecule has 1 amide bonds. The molecule has 1 aromatic heterocycles. The predicted octanol–water partition coefficient (Wildman–Crippen LogP) is 1.15. The quantitative estimate of drug-likeness (QED) is 0.604. The number of nitrogens with zero attached hydrogens (tertiary/aromatic N) is 2. The maximum Gasteiger partial charge on any atom is 0.287 e. The highest BCUT2D eigenvalue weighted by molar-refractivity contribution is 5.93. The van der Waals surface area contributed by atoms with Crippen molar-refractivity contribution in [2.24, 2.45) is 5.92 Å². The minimum atomic E-state index is -0.468. The van der Waals surface area contributed by atoms with Crippen LogP contribution in [-0.2, 0) is 6.54 Å². The van der Waals surface area contributed by atoms with Crippen LogP contribution in [0.4, 0.5) is 5.69 Å². The first-order valence-electron chi connectivity index (χ1n) is 6.95. The molecule has 7 nitrogen and oxygen atoms in total. The van der Waals surface area contributed by atoms with Crippen molar-refractivity contribution in [3.05, 3.63) is 28.1 Å². The number of aromatic nitrogens is 1. The van der Waals surface area contributed by atoms with Crippen LogP contribution in [0.15, 0.2) is 12.3 Å². The van der Waals surface area contributed by atoms with Gasteiger partial charge in [0.1, 0.15) is 5.69 Å². The van der Waals surface area contributed by atoms with E-state index in [1.807, 2.05) is 6.92 Å². The third kappa shape index (κ3) is 3.36. The molecule has 1 atom stereocenters. The van der Waals surface area contributed by atoms with Gasteiger partial charge in [-0.25, -0.2) is 0 Å². The van der Waals surface area contributed by atoms with Gasteiger partial charge in [0.2, 0.25) is 0 Å². The lowest BCUT2D eigenvalue weighted by Gasteiger charge is -2.11. The summed E-state index contributed by atoms with van der Waals surface area (Å²) in [4.78, 5) is 22.5. The Morgan fingerprint density at radius 2 is 2.45 bits per heavy atom. The summed E-state index contributed by atoms with van der Waals surface area (Å²) in [5.74, 6) is 0.210. The normalized spacial score (nSPS) is 18.1. The van der Waals surface area contributed by atoms with Crippen LogP contribution in [0, 0.1) is 16.0 Å². The lowest BCUT2D eigenvalue weighted by atomic mass is 10.1. The van der Waals surface area contributed by atoms with Gasteiger partial charge < -0.3 is 15.2 Å². The third-order valence-electron chi connectivity index (χ3n) is 3.50. The molecular weight excluding hydrogens is 260 g/mol. The standard InChI is InChI=1S/C13H20N4O3/c1-2-5-16-9-11(17(19)20)6-12(16)13(18)15-8-10-3-4-14-7-10/h6,9-10,14H,2-5,7-8H2,1H3,(H,15,18). The lowest BCUT2D eigenvalue weighted by molar-refractivity contribution is -0.384. The Balaban J connectivity index is 2.04. The van der Waals surface area contributed by atoms with E-state index in [0.717, 1.165) is 25.9 Å². The lowest BCUT2D eigenvalue weighted by Crippen LogP contribution is -2.31. The largest absolute Gasteiger partial charge is 0.350 e. The molecule has 0 radical (unpaired) electrons. The van der Waals surface area contributed by atoms with Gasteiger partial charge in [-0.15, -0.1) is 0 Å². The fourth-order valence-electron chi connectivity index (χ4n) is 2.43. The molecule has 1 aromatic rings. The van der Waals surface area contributed by atoms with Crippen molar-refractivity contribution in [2.75, 3.05) is 19.6 Å². The first-order chi connectivity index (χ1) is 9.61. The minimum absolute atomic E-state index is 0.0360. The van der Waals surface area contributed by atoms with E-state index in [2.05, 4.69) is 10.6 Å². The van der Waals surface area contributed by atoms with Gasteiger partial charge in [-0.3, -0.25) is 14.9 Å². The van der Waals surface area contributed by atoms with Crippen molar-refractivity contribution in [3.63, 3.8) is 0 Å². The summed E-state index contributed by atoms with van der Waals surface area (Å²) in [6.07, 6.45) is 3.30. The molecule has 0 aromatic carbocycles. The fourth-order valence-corrected chi connectivity index (χ4v) is 2.43. The van der Waals surface area contributed by atoms with Crippen LogP contribution in [0.5, 0.6) is 0 Å². The molecule has 2 N–H and O–H groups in total. The van der Waals surface area contributed by atoms with Crippen molar-refractivity contribution < 1.29 is 9.72 Å². The monoisotopic (exact) mass is 280 g/mol. The smallest absolute Gasteiger partial charge is 0.287 e. The molecule has 1 aliphatic heterocycles. The van der Waals surface area contributed by atoms with Crippen LogP contribution < -0.4 is 10.6 Å². The highest BCUT2D eigenvalue weighted by Gasteiger charge is 2.20. The SMILES string of the molecule is CCCn1cc([N+](=O)[O-])cc1C(=O)NCC1CCNC1. The molecule has 0 bridgehead atoms. The Hall–Kier alpha value is -1.89. The molecule has 0 aliphatic carbocycles. The summed E-state index contributed by atoms with van der Waals surface area (Å²) in [5.41, 5.74) is 0.329. The first kappa shape index (κ1) is 14.5. The third-order valence-corrected chi connectivity index (χ3v) is 3.50. The van der Waals surface area contributed by atoms with E-state index in [1.165, 1.54) is 12.3 Å². The van der Waals surface area contributed by atoms with E-state index in [9.17, 15) is 14.9 Å². The predicted molar refractivity (Wildman–Crippen MR) is 74.7 cm³/mol. The Labute approximate surface area is 117 Å². The number of nitro groups is 1. The second-order valence-electron chi connectivity index (χ2n) is 5.10. The summed E-state index contributed by atoms with van der Waals surface area (Å²) in [6, 6.07) is 1.35. The van der Waals surface area contributed by atoms with Gasteiger partial charge in [-0.05, 0) is 31.8 Å². The van der Waals surface area contributed by atoms with E-state index in [1.54, 1.807) is 4.57 Å². The van der Waals surface area contributed by atoms with E-state index < -0.39 is 4.92 Å². The minimum Gasteiger partial charge on any atom is -0.350 e. The van der Waals surface area contributed by atoms with Crippen LogP contribution >= 0.6 is 0 Å². The molecule has 0 spiro atoms. The number of amides is 1.